The van der Waals surface area contributed by atoms with E-state index in [1.807, 2.05) is 18.2 Å². The first-order valence-electron chi connectivity index (χ1n) is 15.9. The van der Waals surface area contributed by atoms with Gasteiger partial charge in [0.1, 0.15) is 24.2 Å². The van der Waals surface area contributed by atoms with E-state index in [0.717, 1.165) is 10.9 Å². The van der Waals surface area contributed by atoms with E-state index in [2.05, 4.69) is 31.2 Å². The number of H-pyrrole nitrogens is 1. The van der Waals surface area contributed by atoms with E-state index < -0.39 is 72.3 Å². The Labute approximate surface area is 279 Å². The average Bonchev–Trinajstić information content (AvgIpc) is 3.45. The van der Waals surface area contributed by atoms with Crippen LogP contribution in [0.25, 0.3) is 10.9 Å². The first kappa shape index (κ1) is 39.4. The van der Waals surface area contributed by atoms with Gasteiger partial charge in [0.25, 0.3) is 0 Å². The molecule has 1 aromatic heterocycles. The molecule has 0 bridgehead atoms. The number of carboxylic acid groups (broad SMARTS) is 1. The average molecular weight is 675 g/mol. The molecule has 0 unspecified atom stereocenters. The lowest BCUT2D eigenvalue weighted by Crippen LogP contribution is -2.60. The van der Waals surface area contributed by atoms with Crippen molar-refractivity contribution in [2.75, 3.05) is 19.7 Å². The van der Waals surface area contributed by atoms with Crippen molar-refractivity contribution in [2.45, 2.75) is 82.6 Å². The highest BCUT2D eigenvalue weighted by Gasteiger charge is 2.33. The summed E-state index contributed by atoms with van der Waals surface area (Å²) in [6.07, 6.45) is 3.56. The Kier molecular flexibility index (Phi) is 16.3. The van der Waals surface area contributed by atoms with Crippen molar-refractivity contribution in [3.8, 4) is 0 Å². The number of fused-ring (bicyclic) bond motifs is 1. The summed E-state index contributed by atoms with van der Waals surface area (Å²) in [5, 5.41) is 30.7. The molecule has 4 amide bonds. The number of nitrogens with one attached hydrogen (secondary N) is 5. The van der Waals surface area contributed by atoms with Gasteiger partial charge in [0, 0.05) is 30.1 Å². The molecule has 0 aliphatic heterocycles. The van der Waals surface area contributed by atoms with E-state index >= 15 is 0 Å². The summed E-state index contributed by atoms with van der Waals surface area (Å²) in [6.45, 7) is 3.15. The highest BCUT2D eigenvalue weighted by molar-refractivity contribution is 5.96. The minimum Gasteiger partial charge on any atom is -0.480 e. The van der Waals surface area contributed by atoms with Gasteiger partial charge >= 0.3 is 5.97 Å². The Morgan fingerprint density at radius 1 is 0.854 bits per heavy atom. The van der Waals surface area contributed by atoms with Gasteiger partial charge in [-0.15, -0.1) is 0 Å². The number of hydrogen-bond acceptors (Lipinski definition) is 9. The number of nitrogens with zero attached hydrogens (tertiary/aromatic N) is 1. The molecule has 0 spiro atoms. The number of aliphatic hydroxyl groups is 1. The summed E-state index contributed by atoms with van der Waals surface area (Å²) in [7, 11) is 0. The van der Waals surface area contributed by atoms with Crippen LogP contribution in [0.15, 0.2) is 35.5 Å². The lowest BCUT2D eigenvalue weighted by atomic mass is 10.0. The molecule has 17 heteroatoms. The number of carbonyl (C=O) groups excluding carboxylic acids is 4. The van der Waals surface area contributed by atoms with Crippen LogP contribution in [-0.4, -0.2) is 101 Å². The van der Waals surface area contributed by atoms with Gasteiger partial charge in [0.05, 0.1) is 12.6 Å². The molecule has 0 aliphatic rings. The second-order valence-corrected chi connectivity index (χ2v) is 11.8. The maximum Gasteiger partial charge on any atom is 0.326 e. The number of carbonyl (C=O) groups is 5. The molecule has 0 saturated heterocycles. The van der Waals surface area contributed by atoms with E-state index in [4.69, 9.17) is 22.9 Å². The van der Waals surface area contributed by atoms with Gasteiger partial charge in [-0.2, -0.15) is 0 Å². The van der Waals surface area contributed by atoms with Crippen LogP contribution >= 0.6 is 0 Å². The molecule has 15 N–H and O–H groups in total. The molecular weight excluding hydrogens is 624 g/mol. The largest absolute Gasteiger partial charge is 0.480 e. The number of aliphatic carboxylic acids is 1. The van der Waals surface area contributed by atoms with Crippen molar-refractivity contribution in [3.63, 3.8) is 0 Å². The Morgan fingerprint density at radius 2 is 1.50 bits per heavy atom. The number of aromatic nitrogens is 1. The summed E-state index contributed by atoms with van der Waals surface area (Å²) in [5.41, 5.74) is 23.5. The van der Waals surface area contributed by atoms with E-state index in [9.17, 15) is 34.2 Å². The highest BCUT2D eigenvalue weighted by atomic mass is 16.4. The van der Waals surface area contributed by atoms with Gasteiger partial charge < -0.3 is 59.4 Å². The van der Waals surface area contributed by atoms with Gasteiger partial charge in [-0.25, -0.2) is 4.79 Å². The van der Waals surface area contributed by atoms with Crippen molar-refractivity contribution >= 4 is 46.5 Å². The number of carboxylic acids is 1. The topological polar surface area (TPSA) is 306 Å². The summed E-state index contributed by atoms with van der Waals surface area (Å²) in [6, 6.07) is 1.19. The van der Waals surface area contributed by atoms with E-state index in [1.165, 1.54) is 0 Å². The molecule has 1 aromatic carbocycles. The summed E-state index contributed by atoms with van der Waals surface area (Å²) >= 11 is 0. The molecule has 2 rings (SSSR count). The number of para-hydroxylation sites is 1. The zero-order valence-corrected chi connectivity index (χ0v) is 27.4. The molecule has 0 saturated carbocycles. The first-order chi connectivity index (χ1) is 22.8. The zero-order chi connectivity index (χ0) is 35.8. The third-order valence-corrected chi connectivity index (χ3v) is 7.66. The SMILES string of the molecule is CC(C)[C@H](NC(=O)[C@@H](N)CCCCN)C(=O)N[C@@H](CO)C(=O)N[C@@H](Cc1c[nH]c2ccccc12)C(=O)N[C@@H](CCCN=C(N)N)C(=O)O. The van der Waals surface area contributed by atoms with Crippen LogP contribution in [0.1, 0.15) is 51.5 Å². The van der Waals surface area contributed by atoms with Crippen molar-refractivity contribution in [2.24, 2.45) is 33.8 Å². The molecular formula is C31H50N10O7. The minimum absolute atomic E-state index is 0.0000845. The molecule has 266 valence electrons. The molecule has 0 aliphatic carbocycles. The third kappa shape index (κ3) is 12.5. The van der Waals surface area contributed by atoms with Crippen LogP contribution < -0.4 is 44.2 Å². The molecule has 2 aromatic rings. The maximum atomic E-state index is 13.5. The number of unbranched alkanes of at least 4 members (excludes halogenated alkanes) is 1. The molecule has 0 radical (unpaired) electrons. The predicted octanol–water partition coefficient (Wildman–Crippen LogP) is -2.11. The number of guanidine groups is 1. The van der Waals surface area contributed by atoms with Crippen molar-refractivity contribution < 1.29 is 34.2 Å². The smallest absolute Gasteiger partial charge is 0.326 e. The molecule has 1 heterocycles. The monoisotopic (exact) mass is 674 g/mol. The maximum absolute atomic E-state index is 13.5. The van der Waals surface area contributed by atoms with Crippen LogP contribution in [-0.2, 0) is 30.4 Å². The predicted molar refractivity (Wildman–Crippen MR) is 180 cm³/mol. The van der Waals surface area contributed by atoms with Gasteiger partial charge in [-0.1, -0.05) is 38.5 Å². The van der Waals surface area contributed by atoms with Crippen LogP contribution in [0, 0.1) is 5.92 Å². The molecule has 17 nitrogen and oxygen atoms in total. The van der Waals surface area contributed by atoms with Gasteiger partial charge in [0.15, 0.2) is 5.96 Å². The first-order valence-corrected chi connectivity index (χ1v) is 15.9. The number of nitrogens with two attached hydrogens (primary N) is 4. The standard InChI is InChI=1S/C31H50N10O7/c1-17(2)25(41-26(43)20(33)9-5-6-12-32)29(46)40-24(16-42)28(45)39-23(14-18-15-37-21-10-4-3-8-19(18)21)27(44)38-22(30(47)48)11-7-13-36-31(34)35/h3-4,8,10,15,17,20,22-25,37,42H,5-7,9,11-14,16,32-33H2,1-2H3,(H,38,44)(H,39,45)(H,40,46)(H,41,43)(H,47,48)(H4,34,35,36)/t20-,22-,23-,24-,25-/m0/s1. The fourth-order valence-electron chi connectivity index (χ4n) is 4.93. The third-order valence-electron chi connectivity index (χ3n) is 7.66. The Bertz CT molecular complexity index is 1410. The van der Waals surface area contributed by atoms with Crippen molar-refractivity contribution in [3.05, 3.63) is 36.0 Å². The van der Waals surface area contributed by atoms with Crippen molar-refractivity contribution in [1.82, 2.24) is 26.3 Å². The number of aliphatic hydroxyl groups excluding tert-OH is 1. The lowest BCUT2D eigenvalue weighted by Gasteiger charge is -2.27. The van der Waals surface area contributed by atoms with Gasteiger partial charge in [-0.05, 0) is 49.8 Å². The highest BCUT2D eigenvalue weighted by Crippen LogP contribution is 2.19. The lowest BCUT2D eigenvalue weighted by molar-refractivity contribution is -0.142. The normalized spacial score (nSPS) is 14.3. The summed E-state index contributed by atoms with van der Waals surface area (Å²) in [4.78, 5) is 71.7. The van der Waals surface area contributed by atoms with E-state index in [0.29, 0.717) is 31.4 Å². The fourth-order valence-corrected chi connectivity index (χ4v) is 4.93. The van der Waals surface area contributed by atoms with Crippen LogP contribution in [0.4, 0.5) is 0 Å². The second kappa shape index (κ2) is 19.8. The van der Waals surface area contributed by atoms with E-state index in [-0.39, 0.29) is 31.8 Å². The molecule has 5 atom stereocenters. The van der Waals surface area contributed by atoms with Crippen molar-refractivity contribution in [1.29, 1.82) is 0 Å². The summed E-state index contributed by atoms with van der Waals surface area (Å²) < 4.78 is 0. The Hall–Kier alpha value is -4.74. The second-order valence-electron chi connectivity index (χ2n) is 11.8. The van der Waals surface area contributed by atoms with Crippen LogP contribution in [0.2, 0.25) is 0 Å². The summed E-state index contributed by atoms with van der Waals surface area (Å²) in [5.74, 6) is -4.86. The Balaban J connectivity index is 2.23. The van der Waals surface area contributed by atoms with Gasteiger partial charge in [-0.3, -0.25) is 24.2 Å². The quantitative estimate of drug-likeness (QED) is 0.0387. The Morgan fingerprint density at radius 3 is 2.12 bits per heavy atom. The zero-order valence-electron chi connectivity index (χ0n) is 27.4. The number of aliphatic imine (C=N–C) groups is 1. The molecule has 48 heavy (non-hydrogen) atoms. The van der Waals surface area contributed by atoms with Crippen LogP contribution in [0.3, 0.4) is 0 Å². The fraction of sp³-hybridized carbons (Fsp3) is 0.548. The molecule has 0 fully saturated rings. The minimum atomic E-state index is -1.51. The number of aromatic amines is 1. The number of hydrogen-bond donors (Lipinski definition) is 11. The number of amides is 4. The number of rotatable bonds is 21. The van der Waals surface area contributed by atoms with E-state index in [1.54, 1.807) is 26.1 Å². The number of benzene rings is 1. The van der Waals surface area contributed by atoms with Crippen LogP contribution in [0.5, 0.6) is 0 Å². The van der Waals surface area contributed by atoms with Gasteiger partial charge in [0.2, 0.25) is 23.6 Å².